The minimum atomic E-state index is 0.628. The molecule has 0 fully saturated rings. The SMILES string of the molecule is c1ccc(-c2cc(-c3ccccc3)nc(-n3c4ccccc4c4cc(-c5ccc6c(c5)c5cc(-c7ccc8c(c7)c7ccccc7n8-c7ccccc7)ccc5n6-c5ncccn5)ccc43)n2)cc1. The van der Waals surface area contributed by atoms with Gasteiger partial charge in [0.15, 0.2) is 0 Å². The molecule has 0 radical (unpaired) electrons. The van der Waals surface area contributed by atoms with Crippen molar-refractivity contribution in [3.8, 4) is 62.4 Å². The lowest BCUT2D eigenvalue weighted by Gasteiger charge is -2.12. The summed E-state index contributed by atoms with van der Waals surface area (Å²) in [6.45, 7) is 0. The van der Waals surface area contributed by atoms with E-state index >= 15 is 0 Å². The molecular formula is C62H39N7. The fraction of sp³-hybridized carbons (Fsp3) is 0. The molecule has 5 aromatic heterocycles. The number of benzene rings is 9. The van der Waals surface area contributed by atoms with Crippen molar-refractivity contribution in [1.82, 2.24) is 33.6 Å². The first-order valence-electron chi connectivity index (χ1n) is 23.2. The third kappa shape index (κ3) is 6.29. The predicted octanol–water partition coefficient (Wildman–Crippen LogP) is 15.2. The third-order valence-corrected chi connectivity index (χ3v) is 13.6. The van der Waals surface area contributed by atoms with Crippen LogP contribution < -0.4 is 0 Å². The average molecular weight is 882 g/mol. The summed E-state index contributed by atoms with van der Waals surface area (Å²) in [5, 5.41) is 6.97. The Morgan fingerprint density at radius 3 is 1.09 bits per heavy atom. The van der Waals surface area contributed by atoms with Gasteiger partial charge >= 0.3 is 0 Å². The second-order valence-electron chi connectivity index (χ2n) is 17.5. The molecule has 14 aromatic rings. The van der Waals surface area contributed by atoms with Gasteiger partial charge in [-0.25, -0.2) is 19.9 Å². The van der Waals surface area contributed by atoms with Crippen LogP contribution in [0.15, 0.2) is 237 Å². The number of para-hydroxylation sites is 3. The highest BCUT2D eigenvalue weighted by atomic mass is 15.2. The van der Waals surface area contributed by atoms with Gasteiger partial charge in [-0.1, -0.05) is 140 Å². The molecule has 14 rings (SSSR count). The average Bonchev–Trinajstić information content (AvgIpc) is 4.06. The smallest absolute Gasteiger partial charge is 0.235 e. The summed E-state index contributed by atoms with van der Waals surface area (Å²) in [5.74, 6) is 1.26. The Balaban J connectivity index is 0.934. The van der Waals surface area contributed by atoms with E-state index in [0.29, 0.717) is 11.9 Å². The maximum Gasteiger partial charge on any atom is 0.235 e. The summed E-state index contributed by atoms with van der Waals surface area (Å²) in [6, 6.07) is 79.7. The Labute approximate surface area is 396 Å². The zero-order valence-electron chi connectivity index (χ0n) is 37.1. The molecular weight excluding hydrogens is 843 g/mol. The molecule has 7 heteroatoms. The van der Waals surface area contributed by atoms with Gasteiger partial charge in [-0.15, -0.1) is 0 Å². The van der Waals surface area contributed by atoms with E-state index in [0.717, 1.165) is 94.1 Å². The van der Waals surface area contributed by atoms with Crippen LogP contribution in [0.1, 0.15) is 0 Å². The van der Waals surface area contributed by atoms with Crippen molar-refractivity contribution in [1.29, 1.82) is 0 Å². The molecule has 0 saturated heterocycles. The van der Waals surface area contributed by atoms with Crippen LogP contribution in [0.25, 0.3) is 128 Å². The van der Waals surface area contributed by atoms with Gasteiger partial charge in [-0.2, -0.15) is 0 Å². The molecule has 0 aliphatic rings. The Kier molecular flexibility index (Phi) is 8.75. The normalized spacial score (nSPS) is 11.8. The van der Waals surface area contributed by atoms with E-state index in [1.807, 2.05) is 18.2 Å². The largest absolute Gasteiger partial charge is 0.309 e. The zero-order valence-corrected chi connectivity index (χ0v) is 37.1. The van der Waals surface area contributed by atoms with Crippen molar-refractivity contribution in [2.75, 3.05) is 0 Å². The molecule has 0 bridgehead atoms. The van der Waals surface area contributed by atoms with Crippen molar-refractivity contribution in [3.05, 3.63) is 237 Å². The summed E-state index contributed by atoms with van der Waals surface area (Å²) < 4.78 is 6.75. The second-order valence-corrected chi connectivity index (χ2v) is 17.5. The molecule has 0 amide bonds. The number of rotatable bonds is 7. The van der Waals surface area contributed by atoms with Gasteiger partial charge in [0.25, 0.3) is 0 Å². The van der Waals surface area contributed by atoms with Gasteiger partial charge in [0.2, 0.25) is 11.9 Å². The minimum Gasteiger partial charge on any atom is -0.309 e. The molecule has 0 aliphatic heterocycles. The monoisotopic (exact) mass is 881 g/mol. The molecule has 0 atom stereocenters. The standard InChI is InChI=1S/C62H39N7/c1-4-15-40(16-5-1)53-39-54(41-17-6-2-7-18-41)66-62(65-53)69-56-24-13-11-22-48(56)50-36-43(26-30-58(50)69)45-28-32-60-52(38-45)51-37-44(27-31-59(51)68(60)61-63-33-14-34-64-61)42-25-29-57-49(35-42)47-21-10-12-23-55(47)67(57)46-19-8-3-9-20-46/h1-39H. The van der Waals surface area contributed by atoms with Gasteiger partial charge in [0.05, 0.1) is 44.5 Å². The fourth-order valence-corrected chi connectivity index (χ4v) is 10.4. The molecule has 0 N–H and O–H groups in total. The zero-order chi connectivity index (χ0) is 45.4. The van der Waals surface area contributed by atoms with E-state index in [-0.39, 0.29) is 0 Å². The van der Waals surface area contributed by atoms with Crippen LogP contribution in [0.5, 0.6) is 0 Å². The van der Waals surface area contributed by atoms with Gasteiger partial charge in [-0.3, -0.25) is 9.13 Å². The first kappa shape index (κ1) is 38.8. The van der Waals surface area contributed by atoms with Crippen molar-refractivity contribution >= 4 is 65.4 Å². The first-order chi connectivity index (χ1) is 34.2. The maximum absolute atomic E-state index is 5.25. The quantitative estimate of drug-likeness (QED) is 0.160. The lowest BCUT2D eigenvalue weighted by molar-refractivity contribution is 0.988. The lowest BCUT2D eigenvalue weighted by Crippen LogP contribution is -2.03. The molecule has 0 unspecified atom stereocenters. The molecule has 322 valence electrons. The second kappa shape index (κ2) is 15.6. The van der Waals surface area contributed by atoms with E-state index in [9.17, 15) is 0 Å². The van der Waals surface area contributed by atoms with Crippen LogP contribution in [-0.2, 0) is 0 Å². The van der Waals surface area contributed by atoms with Crippen LogP contribution in [0, 0.1) is 0 Å². The van der Waals surface area contributed by atoms with Gasteiger partial charge in [0, 0.05) is 61.5 Å². The summed E-state index contributed by atoms with van der Waals surface area (Å²) in [7, 11) is 0. The molecule has 69 heavy (non-hydrogen) atoms. The summed E-state index contributed by atoms with van der Waals surface area (Å²) in [6.07, 6.45) is 3.61. The minimum absolute atomic E-state index is 0.628. The number of aromatic nitrogens is 7. The number of nitrogens with zero attached hydrogens (tertiary/aromatic N) is 7. The Bertz CT molecular complexity index is 4230. The first-order valence-corrected chi connectivity index (χ1v) is 23.2. The van der Waals surface area contributed by atoms with Gasteiger partial charge in [0.1, 0.15) is 0 Å². The lowest BCUT2D eigenvalue weighted by atomic mass is 9.98. The summed E-state index contributed by atoms with van der Waals surface area (Å²) in [5.41, 5.74) is 16.0. The van der Waals surface area contributed by atoms with Crippen molar-refractivity contribution in [3.63, 3.8) is 0 Å². The number of fused-ring (bicyclic) bond motifs is 9. The molecule has 7 nitrogen and oxygen atoms in total. The van der Waals surface area contributed by atoms with E-state index < -0.39 is 0 Å². The van der Waals surface area contributed by atoms with Crippen molar-refractivity contribution in [2.45, 2.75) is 0 Å². The van der Waals surface area contributed by atoms with E-state index in [1.54, 1.807) is 12.4 Å². The van der Waals surface area contributed by atoms with Gasteiger partial charge in [-0.05, 0) is 107 Å². The Hall–Kier alpha value is -9.46. The summed E-state index contributed by atoms with van der Waals surface area (Å²) in [4.78, 5) is 20.0. The summed E-state index contributed by atoms with van der Waals surface area (Å²) >= 11 is 0. The molecule has 0 aliphatic carbocycles. The van der Waals surface area contributed by atoms with Gasteiger partial charge < -0.3 is 4.57 Å². The van der Waals surface area contributed by atoms with E-state index in [4.69, 9.17) is 19.9 Å². The van der Waals surface area contributed by atoms with Crippen molar-refractivity contribution < 1.29 is 0 Å². The molecule has 5 heterocycles. The number of hydrogen-bond donors (Lipinski definition) is 0. The molecule has 0 spiro atoms. The van der Waals surface area contributed by atoms with E-state index in [1.165, 1.54) is 21.8 Å². The van der Waals surface area contributed by atoms with Crippen LogP contribution in [0.4, 0.5) is 0 Å². The maximum atomic E-state index is 5.25. The van der Waals surface area contributed by atoms with Crippen LogP contribution in [-0.4, -0.2) is 33.6 Å². The highest BCUT2D eigenvalue weighted by molar-refractivity contribution is 6.14. The van der Waals surface area contributed by atoms with Crippen LogP contribution >= 0.6 is 0 Å². The highest BCUT2D eigenvalue weighted by Crippen LogP contribution is 2.41. The van der Waals surface area contributed by atoms with Crippen molar-refractivity contribution in [2.24, 2.45) is 0 Å². The third-order valence-electron chi connectivity index (χ3n) is 13.6. The van der Waals surface area contributed by atoms with E-state index in [2.05, 4.69) is 220 Å². The predicted molar refractivity (Wildman–Crippen MR) is 282 cm³/mol. The Morgan fingerprint density at radius 1 is 0.246 bits per heavy atom. The molecule has 9 aromatic carbocycles. The topological polar surface area (TPSA) is 66.3 Å². The van der Waals surface area contributed by atoms with Crippen LogP contribution in [0.2, 0.25) is 0 Å². The highest BCUT2D eigenvalue weighted by Gasteiger charge is 2.20. The van der Waals surface area contributed by atoms with Crippen LogP contribution in [0.3, 0.4) is 0 Å². The fourth-order valence-electron chi connectivity index (χ4n) is 10.4. The Morgan fingerprint density at radius 2 is 0.609 bits per heavy atom. The number of hydrogen-bond acceptors (Lipinski definition) is 4. The molecule has 0 saturated carbocycles.